The van der Waals surface area contributed by atoms with Gasteiger partial charge in [-0.2, -0.15) is 0 Å². The van der Waals surface area contributed by atoms with E-state index in [1.54, 1.807) is 30.0 Å². The second-order valence-corrected chi connectivity index (χ2v) is 10.8. The zero-order valence-corrected chi connectivity index (χ0v) is 21.8. The van der Waals surface area contributed by atoms with Gasteiger partial charge in [0.25, 0.3) is 11.8 Å². The number of fused-ring (bicyclic) bond motifs is 2. The van der Waals surface area contributed by atoms with Crippen LogP contribution >= 0.6 is 11.6 Å². The third kappa shape index (κ3) is 4.09. The predicted molar refractivity (Wildman–Crippen MR) is 138 cm³/mol. The molecule has 3 aliphatic heterocycles. The number of piperidine rings is 2. The number of H-pyrrole nitrogens is 1. The van der Waals surface area contributed by atoms with Crippen molar-refractivity contribution in [1.29, 1.82) is 0 Å². The fourth-order valence-corrected chi connectivity index (χ4v) is 6.20. The molecule has 0 spiro atoms. The maximum absolute atomic E-state index is 15.7. The summed E-state index contributed by atoms with van der Waals surface area (Å²) in [4.78, 5) is 56.0. The molecule has 2 aromatic carbocycles. The van der Waals surface area contributed by atoms with Crippen molar-refractivity contribution < 1.29 is 28.0 Å². The van der Waals surface area contributed by atoms with Crippen molar-refractivity contribution in [3.05, 3.63) is 68.9 Å². The first-order valence-electron chi connectivity index (χ1n) is 12.9. The standard InChI is InChI=1S/C28H25ClF2N4O4/c1-13-15-4-5-19(29)23(31)25(15)33-24(13)28(39)34-10-8-14(9-11-34)16-2-3-17-18(22(16)30)12-35(27(17)38)20-6-7-21(36)32-26(20)37/h2-5,14,20,33H,6-12H2,1H3,(H,32,36,37). The minimum atomic E-state index is -0.808. The van der Waals surface area contributed by atoms with Crippen molar-refractivity contribution in [1.82, 2.24) is 20.1 Å². The molecule has 2 saturated heterocycles. The first-order valence-corrected chi connectivity index (χ1v) is 13.2. The lowest BCUT2D eigenvalue weighted by molar-refractivity contribution is -0.136. The highest BCUT2D eigenvalue weighted by molar-refractivity contribution is 6.31. The fourth-order valence-electron chi connectivity index (χ4n) is 6.04. The highest BCUT2D eigenvalue weighted by Crippen LogP contribution is 2.37. The number of hydrogen-bond donors (Lipinski definition) is 2. The van der Waals surface area contributed by atoms with Gasteiger partial charge in [0.1, 0.15) is 17.6 Å². The lowest BCUT2D eigenvalue weighted by Crippen LogP contribution is -2.52. The van der Waals surface area contributed by atoms with Gasteiger partial charge in [-0.3, -0.25) is 24.5 Å². The van der Waals surface area contributed by atoms with E-state index in [0.29, 0.717) is 48.1 Å². The Balaban J connectivity index is 1.17. The number of aryl methyl sites for hydroxylation is 1. The topological polar surface area (TPSA) is 103 Å². The molecule has 4 heterocycles. The second-order valence-electron chi connectivity index (χ2n) is 10.4. The molecule has 11 heteroatoms. The molecule has 0 saturated carbocycles. The van der Waals surface area contributed by atoms with E-state index in [9.17, 15) is 23.6 Å². The van der Waals surface area contributed by atoms with Gasteiger partial charge in [0.2, 0.25) is 11.8 Å². The van der Waals surface area contributed by atoms with Crippen LogP contribution in [-0.2, 0) is 16.1 Å². The molecule has 0 aliphatic carbocycles. The summed E-state index contributed by atoms with van der Waals surface area (Å²) in [6, 6.07) is 5.56. The third-order valence-electron chi connectivity index (χ3n) is 8.24. The second kappa shape index (κ2) is 9.44. The number of halogens is 3. The third-order valence-corrected chi connectivity index (χ3v) is 8.53. The van der Waals surface area contributed by atoms with Crippen LogP contribution in [0.1, 0.15) is 69.1 Å². The van der Waals surface area contributed by atoms with E-state index < -0.39 is 29.5 Å². The van der Waals surface area contributed by atoms with Crippen molar-refractivity contribution in [2.24, 2.45) is 0 Å². The minimum absolute atomic E-state index is 0.0261. The molecule has 8 nitrogen and oxygen atoms in total. The van der Waals surface area contributed by atoms with E-state index >= 15 is 4.39 Å². The summed E-state index contributed by atoms with van der Waals surface area (Å²) in [5.41, 5.74) is 2.12. The van der Waals surface area contributed by atoms with Crippen LogP contribution in [0.4, 0.5) is 8.78 Å². The zero-order chi connectivity index (χ0) is 27.6. The molecule has 1 unspecified atom stereocenters. The number of amides is 4. The molecule has 4 amide bonds. The Morgan fingerprint density at radius 1 is 1.03 bits per heavy atom. The van der Waals surface area contributed by atoms with E-state index in [-0.39, 0.29) is 58.8 Å². The van der Waals surface area contributed by atoms with Gasteiger partial charge in [-0.15, -0.1) is 0 Å². The summed E-state index contributed by atoms with van der Waals surface area (Å²) >= 11 is 5.89. The summed E-state index contributed by atoms with van der Waals surface area (Å²) in [6.07, 6.45) is 1.38. The number of carbonyl (C=O) groups is 4. The molecule has 39 heavy (non-hydrogen) atoms. The number of nitrogens with one attached hydrogen (secondary N) is 2. The molecule has 1 atom stereocenters. The van der Waals surface area contributed by atoms with Crippen molar-refractivity contribution in [2.75, 3.05) is 13.1 Å². The summed E-state index contributed by atoms with van der Waals surface area (Å²) in [5.74, 6) is -2.80. The molecule has 3 aromatic rings. The van der Waals surface area contributed by atoms with Gasteiger partial charge in [0.05, 0.1) is 17.1 Å². The molecular formula is C28H25ClF2N4O4. The Bertz CT molecular complexity index is 1580. The minimum Gasteiger partial charge on any atom is -0.348 e. The van der Waals surface area contributed by atoms with Crippen LogP contribution in [0.2, 0.25) is 5.02 Å². The van der Waals surface area contributed by atoms with Crippen LogP contribution in [0.3, 0.4) is 0 Å². The van der Waals surface area contributed by atoms with Crippen molar-refractivity contribution in [2.45, 2.75) is 51.1 Å². The molecule has 0 radical (unpaired) electrons. The van der Waals surface area contributed by atoms with Gasteiger partial charge >= 0.3 is 0 Å². The van der Waals surface area contributed by atoms with Crippen LogP contribution in [-0.4, -0.2) is 57.5 Å². The molecule has 202 valence electrons. The molecule has 3 aliphatic rings. The van der Waals surface area contributed by atoms with Crippen LogP contribution in [0.15, 0.2) is 24.3 Å². The molecule has 6 rings (SSSR count). The Labute approximate surface area is 227 Å². The van der Waals surface area contributed by atoms with Crippen LogP contribution in [0.5, 0.6) is 0 Å². The van der Waals surface area contributed by atoms with Gasteiger partial charge in [-0.1, -0.05) is 23.7 Å². The van der Waals surface area contributed by atoms with Gasteiger partial charge in [0.15, 0.2) is 5.82 Å². The van der Waals surface area contributed by atoms with Gasteiger partial charge in [0, 0.05) is 36.0 Å². The molecular weight excluding hydrogens is 530 g/mol. The summed E-state index contributed by atoms with van der Waals surface area (Å²) < 4.78 is 30.2. The SMILES string of the molecule is Cc1c(C(=O)N2CCC(c3ccc4c(c3F)CN(C3CCC(=O)NC3=O)C4=O)CC2)[nH]c2c(F)c(Cl)ccc12. The lowest BCUT2D eigenvalue weighted by Gasteiger charge is -2.32. The number of likely N-dealkylation sites (tertiary alicyclic amines) is 1. The van der Waals surface area contributed by atoms with Gasteiger partial charge in [-0.25, -0.2) is 8.78 Å². The van der Waals surface area contributed by atoms with Crippen molar-refractivity contribution in [3.63, 3.8) is 0 Å². The molecule has 2 N–H and O–H groups in total. The van der Waals surface area contributed by atoms with E-state index in [2.05, 4.69) is 10.3 Å². The van der Waals surface area contributed by atoms with Crippen molar-refractivity contribution >= 4 is 46.1 Å². The number of hydrogen-bond acceptors (Lipinski definition) is 4. The van der Waals surface area contributed by atoms with Crippen LogP contribution in [0.25, 0.3) is 10.9 Å². The fraction of sp³-hybridized carbons (Fsp3) is 0.357. The molecule has 1 aromatic heterocycles. The number of carbonyl (C=O) groups excluding carboxylic acids is 4. The Kier molecular flexibility index (Phi) is 6.17. The summed E-state index contributed by atoms with van der Waals surface area (Å²) in [7, 11) is 0. The molecule has 2 fully saturated rings. The van der Waals surface area contributed by atoms with E-state index in [1.165, 1.54) is 11.0 Å². The van der Waals surface area contributed by atoms with E-state index in [0.717, 1.165) is 0 Å². The number of imide groups is 1. The Morgan fingerprint density at radius 2 is 1.77 bits per heavy atom. The van der Waals surface area contributed by atoms with Gasteiger partial charge in [-0.05, 0) is 55.4 Å². The monoisotopic (exact) mass is 554 g/mol. The molecule has 0 bridgehead atoms. The predicted octanol–water partition coefficient (Wildman–Crippen LogP) is 4.19. The van der Waals surface area contributed by atoms with Crippen LogP contribution in [0, 0.1) is 18.6 Å². The Morgan fingerprint density at radius 3 is 2.49 bits per heavy atom. The normalized spacial score (nSPS) is 20.1. The lowest BCUT2D eigenvalue weighted by atomic mass is 9.87. The van der Waals surface area contributed by atoms with Gasteiger partial charge < -0.3 is 14.8 Å². The Hall–Kier alpha value is -3.79. The average Bonchev–Trinajstić information content (AvgIpc) is 3.44. The zero-order valence-electron chi connectivity index (χ0n) is 21.1. The van der Waals surface area contributed by atoms with E-state index in [1.807, 2.05) is 0 Å². The highest BCUT2D eigenvalue weighted by Gasteiger charge is 2.41. The van der Waals surface area contributed by atoms with Crippen molar-refractivity contribution in [3.8, 4) is 0 Å². The smallest absolute Gasteiger partial charge is 0.270 e. The maximum atomic E-state index is 15.7. The number of aromatic amines is 1. The summed E-state index contributed by atoms with van der Waals surface area (Å²) in [5, 5.41) is 2.82. The average molecular weight is 555 g/mol. The van der Waals surface area contributed by atoms with Crippen LogP contribution < -0.4 is 5.32 Å². The quantitative estimate of drug-likeness (QED) is 0.474. The first-order chi connectivity index (χ1) is 18.7. The van der Waals surface area contributed by atoms with E-state index in [4.69, 9.17) is 11.6 Å². The number of benzene rings is 2. The maximum Gasteiger partial charge on any atom is 0.270 e. The summed E-state index contributed by atoms with van der Waals surface area (Å²) in [6.45, 7) is 2.50. The highest BCUT2D eigenvalue weighted by atomic mass is 35.5. The largest absolute Gasteiger partial charge is 0.348 e. The number of aromatic nitrogens is 1. The number of rotatable bonds is 3. The first kappa shape index (κ1) is 25.5. The number of nitrogens with zero attached hydrogens (tertiary/aromatic N) is 2.